The van der Waals surface area contributed by atoms with Gasteiger partial charge in [0.05, 0.1) is 6.61 Å². The number of likely N-dealkylation sites (tertiary alicyclic amines) is 1. The van der Waals surface area contributed by atoms with Gasteiger partial charge in [-0.2, -0.15) is 0 Å². The number of carbonyl (C=O) groups is 1. The summed E-state index contributed by atoms with van der Waals surface area (Å²) < 4.78 is 5.00. The van der Waals surface area contributed by atoms with Gasteiger partial charge in [-0.05, 0) is 46.8 Å². The van der Waals surface area contributed by atoms with Crippen LogP contribution in [0.15, 0.2) is 0 Å². The quantitative estimate of drug-likeness (QED) is 0.634. The van der Waals surface area contributed by atoms with Gasteiger partial charge >= 0.3 is 5.97 Å². The molecule has 4 nitrogen and oxygen atoms in total. The first-order valence-corrected chi connectivity index (χ1v) is 6.24. The molecule has 94 valence electrons. The highest BCUT2D eigenvalue weighted by Gasteiger charge is 2.20. The molecule has 0 saturated carbocycles. The van der Waals surface area contributed by atoms with Gasteiger partial charge < -0.3 is 9.64 Å². The SMILES string of the molecule is CCOC(=O)C(C)N(C)CCN1CCCC1. The van der Waals surface area contributed by atoms with Gasteiger partial charge in [-0.1, -0.05) is 0 Å². The third-order valence-electron chi connectivity index (χ3n) is 3.26. The van der Waals surface area contributed by atoms with E-state index in [1.165, 1.54) is 25.9 Å². The van der Waals surface area contributed by atoms with Gasteiger partial charge in [0.2, 0.25) is 0 Å². The van der Waals surface area contributed by atoms with Crippen LogP contribution < -0.4 is 0 Å². The summed E-state index contributed by atoms with van der Waals surface area (Å²) in [5, 5.41) is 0. The zero-order valence-corrected chi connectivity index (χ0v) is 10.7. The molecule has 4 heteroatoms. The van der Waals surface area contributed by atoms with Crippen LogP contribution in [0.2, 0.25) is 0 Å². The normalized spacial score (nSPS) is 19.0. The van der Waals surface area contributed by atoms with Gasteiger partial charge in [0.15, 0.2) is 0 Å². The van der Waals surface area contributed by atoms with Crippen LogP contribution in [0.1, 0.15) is 26.7 Å². The number of hydrogen-bond acceptors (Lipinski definition) is 4. The topological polar surface area (TPSA) is 32.8 Å². The maximum atomic E-state index is 11.5. The minimum Gasteiger partial charge on any atom is -0.465 e. The Labute approximate surface area is 98.5 Å². The van der Waals surface area contributed by atoms with Crippen molar-refractivity contribution in [1.29, 1.82) is 0 Å². The molecule has 0 aromatic carbocycles. The first kappa shape index (κ1) is 13.5. The number of esters is 1. The van der Waals surface area contributed by atoms with E-state index >= 15 is 0 Å². The van der Waals surface area contributed by atoms with Crippen LogP contribution in [0.3, 0.4) is 0 Å². The van der Waals surface area contributed by atoms with Gasteiger partial charge in [-0.3, -0.25) is 9.69 Å². The molecule has 0 bridgehead atoms. The van der Waals surface area contributed by atoms with Crippen molar-refractivity contribution in [3.05, 3.63) is 0 Å². The van der Waals surface area contributed by atoms with E-state index in [9.17, 15) is 4.79 Å². The second-order valence-electron chi connectivity index (χ2n) is 4.46. The Morgan fingerprint density at radius 3 is 2.62 bits per heavy atom. The maximum Gasteiger partial charge on any atom is 0.323 e. The fourth-order valence-electron chi connectivity index (χ4n) is 1.94. The summed E-state index contributed by atoms with van der Waals surface area (Å²) in [7, 11) is 1.98. The Morgan fingerprint density at radius 2 is 2.06 bits per heavy atom. The van der Waals surface area contributed by atoms with Crippen LogP contribution in [0, 0.1) is 0 Å². The molecule has 16 heavy (non-hydrogen) atoms. The highest BCUT2D eigenvalue weighted by Crippen LogP contribution is 2.07. The summed E-state index contributed by atoms with van der Waals surface area (Å²) in [6, 6.07) is -0.137. The van der Waals surface area contributed by atoms with Gasteiger partial charge in [0.25, 0.3) is 0 Å². The van der Waals surface area contributed by atoms with Crippen molar-refractivity contribution in [2.45, 2.75) is 32.7 Å². The predicted octanol–water partition coefficient (Wildman–Crippen LogP) is 0.966. The summed E-state index contributed by atoms with van der Waals surface area (Å²) in [6.45, 7) is 8.61. The van der Waals surface area contributed by atoms with E-state index in [4.69, 9.17) is 4.74 Å². The van der Waals surface area contributed by atoms with E-state index in [1.807, 2.05) is 20.9 Å². The van der Waals surface area contributed by atoms with Crippen LogP contribution in [0.5, 0.6) is 0 Å². The second kappa shape index (κ2) is 6.86. The van der Waals surface area contributed by atoms with E-state index in [-0.39, 0.29) is 12.0 Å². The Morgan fingerprint density at radius 1 is 1.44 bits per heavy atom. The van der Waals surface area contributed by atoms with Crippen LogP contribution in [-0.2, 0) is 9.53 Å². The summed E-state index contributed by atoms with van der Waals surface area (Å²) in [4.78, 5) is 16.0. The lowest BCUT2D eigenvalue weighted by Gasteiger charge is -2.25. The van der Waals surface area contributed by atoms with Crippen LogP contribution in [0.25, 0.3) is 0 Å². The number of rotatable bonds is 6. The van der Waals surface area contributed by atoms with Crippen molar-refractivity contribution in [3.63, 3.8) is 0 Å². The molecule has 1 aliphatic rings. The van der Waals surface area contributed by atoms with E-state index in [0.717, 1.165) is 13.1 Å². The van der Waals surface area contributed by atoms with Crippen LogP contribution in [0.4, 0.5) is 0 Å². The zero-order chi connectivity index (χ0) is 12.0. The average Bonchev–Trinajstić information content (AvgIpc) is 2.78. The molecule has 0 radical (unpaired) electrons. The number of ether oxygens (including phenoxy) is 1. The van der Waals surface area contributed by atoms with Gasteiger partial charge in [0, 0.05) is 13.1 Å². The molecule has 1 atom stereocenters. The second-order valence-corrected chi connectivity index (χ2v) is 4.46. The third kappa shape index (κ3) is 4.10. The monoisotopic (exact) mass is 228 g/mol. The van der Waals surface area contributed by atoms with Gasteiger partial charge in [0.1, 0.15) is 6.04 Å². The molecule has 1 saturated heterocycles. The van der Waals surface area contributed by atoms with Crippen molar-refractivity contribution in [3.8, 4) is 0 Å². The molecule has 1 rings (SSSR count). The van der Waals surface area contributed by atoms with Crippen molar-refractivity contribution >= 4 is 5.97 Å². The van der Waals surface area contributed by atoms with Crippen molar-refractivity contribution in [2.75, 3.05) is 39.8 Å². The number of carbonyl (C=O) groups excluding carboxylic acids is 1. The Bertz CT molecular complexity index is 215. The molecule has 0 amide bonds. The van der Waals surface area contributed by atoms with E-state index in [1.54, 1.807) is 0 Å². The summed E-state index contributed by atoms with van der Waals surface area (Å²) in [5.41, 5.74) is 0. The minimum absolute atomic E-state index is 0.119. The standard InChI is InChI=1S/C12H24N2O2/c1-4-16-12(15)11(2)13(3)9-10-14-7-5-6-8-14/h11H,4-10H2,1-3H3. The van der Waals surface area contributed by atoms with E-state index in [0.29, 0.717) is 6.61 Å². The summed E-state index contributed by atoms with van der Waals surface area (Å²) in [5.74, 6) is -0.119. The molecule has 1 aliphatic heterocycles. The van der Waals surface area contributed by atoms with Gasteiger partial charge in [-0.15, -0.1) is 0 Å². The third-order valence-corrected chi connectivity index (χ3v) is 3.26. The van der Waals surface area contributed by atoms with Crippen molar-refractivity contribution in [2.24, 2.45) is 0 Å². The lowest BCUT2D eigenvalue weighted by molar-refractivity contribution is -0.148. The number of hydrogen-bond donors (Lipinski definition) is 0. The molecule has 0 aliphatic carbocycles. The molecular weight excluding hydrogens is 204 g/mol. The zero-order valence-electron chi connectivity index (χ0n) is 10.7. The molecule has 0 aromatic heterocycles. The Balaban J connectivity index is 2.22. The van der Waals surface area contributed by atoms with E-state index in [2.05, 4.69) is 9.80 Å². The first-order valence-electron chi connectivity index (χ1n) is 6.24. The smallest absolute Gasteiger partial charge is 0.323 e. The Kier molecular flexibility index (Phi) is 5.77. The minimum atomic E-state index is -0.137. The summed E-state index contributed by atoms with van der Waals surface area (Å²) in [6.07, 6.45) is 2.63. The Hall–Kier alpha value is -0.610. The van der Waals surface area contributed by atoms with Crippen LogP contribution in [-0.4, -0.2) is 61.6 Å². The maximum absolute atomic E-state index is 11.5. The van der Waals surface area contributed by atoms with Crippen LogP contribution >= 0.6 is 0 Å². The molecule has 1 heterocycles. The molecule has 1 fully saturated rings. The molecule has 0 spiro atoms. The molecule has 0 aromatic rings. The average molecular weight is 228 g/mol. The molecular formula is C12H24N2O2. The predicted molar refractivity (Wildman–Crippen MR) is 64.4 cm³/mol. The van der Waals surface area contributed by atoms with E-state index < -0.39 is 0 Å². The van der Waals surface area contributed by atoms with Crippen molar-refractivity contribution in [1.82, 2.24) is 9.80 Å². The largest absolute Gasteiger partial charge is 0.465 e. The number of likely N-dealkylation sites (N-methyl/N-ethyl adjacent to an activating group) is 1. The highest BCUT2D eigenvalue weighted by molar-refractivity contribution is 5.75. The number of nitrogens with zero attached hydrogens (tertiary/aromatic N) is 2. The fraction of sp³-hybridized carbons (Fsp3) is 0.917. The molecule has 0 N–H and O–H groups in total. The lowest BCUT2D eigenvalue weighted by atomic mass is 10.3. The van der Waals surface area contributed by atoms with Gasteiger partial charge in [-0.25, -0.2) is 0 Å². The summed E-state index contributed by atoms with van der Waals surface area (Å²) >= 11 is 0. The fourth-order valence-corrected chi connectivity index (χ4v) is 1.94. The van der Waals surface area contributed by atoms with Crippen molar-refractivity contribution < 1.29 is 9.53 Å². The first-order chi connectivity index (χ1) is 7.65. The molecule has 1 unspecified atom stereocenters. The highest BCUT2D eigenvalue weighted by atomic mass is 16.5. The lowest BCUT2D eigenvalue weighted by Crippen LogP contribution is -2.41.